The van der Waals surface area contributed by atoms with Crippen molar-refractivity contribution in [1.82, 2.24) is 4.90 Å². The predicted molar refractivity (Wildman–Crippen MR) is 74.3 cm³/mol. The largest absolute Gasteiger partial charge is 0.481 e. The van der Waals surface area contributed by atoms with E-state index in [1.165, 1.54) is 0 Å². The molecule has 1 rings (SSSR count). The molecule has 0 fully saturated rings. The fourth-order valence-corrected chi connectivity index (χ4v) is 1.72. The average Bonchev–Trinajstić information content (AvgIpc) is 2.39. The van der Waals surface area contributed by atoms with Crippen molar-refractivity contribution in [3.8, 4) is 0 Å². The van der Waals surface area contributed by atoms with E-state index in [1.807, 2.05) is 26.0 Å². The van der Waals surface area contributed by atoms with Gasteiger partial charge in [-0.1, -0.05) is 12.1 Å². The second kappa shape index (κ2) is 7.41. The molecule has 2 amide bonds. The number of carboxylic acids is 1. The lowest BCUT2D eigenvalue weighted by Crippen LogP contribution is -2.34. The summed E-state index contributed by atoms with van der Waals surface area (Å²) in [5, 5.41) is 11.4. The quantitative estimate of drug-likeness (QED) is 0.829. The van der Waals surface area contributed by atoms with E-state index in [-0.39, 0.29) is 12.5 Å². The zero-order valence-electron chi connectivity index (χ0n) is 11.3. The van der Waals surface area contributed by atoms with Gasteiger partial charge in [-0.25, -0.2) is 4.79 Å². The first-order valence-corrected chi connectivity index (χ1v) is 6.43. The Morgan fingerprint density at radius 2 is 1.74 bits per heavy atom. The summed E-state index contributed by atoms with van der Waals surface area (Å²) < 4.78 is 0. The van der Waals surface area contributed by atoms with Gasteiger partial charge in [0.25, 0.3) is 0 Å². The molecule has 0 radical (unpaired) electrons. The third kappa shape index (κ3) is 4.99. The molecule has 104 valence electrons. The summed E-state index contributed by atoms with van der Waals surface area (Å²) in [5.74, 6) is -0.807. The van der Waals surface area contributed by atoms with E-state index in [1.54, 1.807) is 17.0 Å². The molecule has 2 N–H and O–H groups in total. The number of rotatable bonds is 6. The summed E-state index contributed by atoms with van der Waals surface area (Å²) in [6.07, 6.45) is 0.616. The first kappa shape index (κ1) is 15.0. The molecule has 0 bridgehead atoms. The highest BCUT2D eigenvalue weighted by Gasteiger charge is 2.09. The van der Waals surface area contributed by atoms with Crippen molar-refractivity contribution in [3.05, 3.63) is 29.8 Å². The Morgan fingerprint density at radius 3 is 2.21 bits per heavy atom. The number of hydrogen-bond acceptors (Lipinski definition) is 2. The predicted octanol–water partition coefficient (Wildman–Crippen LogP) is 2.58. The van der Waals surface area contributed by atoms with Crippen LogP contribution in [0.25, 0.3) is 0 Å². The highest BCUT2D eigenvalue weighted by Crippen LogP contribution is 2.12. The number of nitrogens with zero attached hydrogens (tertiary/aromatic N) is 1. The van der Waals surface area contributed by atoms with Gasteiger partial charge in [-0.15, -0.1) is 0 Å². The van der Waals surface area contributed by atoms with Crippen LogP contribution in [0, 0.1) is 0 Å². The number of aliphatic carboxylic acids is 1. The Kier molecular flexibility index (Phi) is 5.85. The molecule has 0 atom stereocenters. The molecule has 0 unspecified atom stereocenters. The number of benzene rings is 1. The van der Waals surface area contributed by atoms with Gasteiger partial charge in [-0.3, -0.25) is 4.79 Å². The normalized spacial score (nSPS) is 10.0. The van der Waals surface area contributed by atoms with E-state index in [0.717, 1.165) is 11.3 Å². The lowest BCUT2D eigenvalue weighted by Gasteiger charge is -2.19. The third-order valence-electron chi connectivity index (χ3n) is 2.88. The zero-order valence-corrected chi connectivity index (χ0v) is 11.3. The van der Waals surface area contributed by atoms with Crippen LogP contribution in [0.4, 0.5) is 10.5 Å². The number of carbonyl (C=O) groups is 2. The minimum atomic E-state index is -0.807. The van der Waals surface area contributed by atoms with Gasteiger partial charge in [-0.05, 0) is 38.0 Å². The van der Waals surface area contributed by atoms with Gasteiger partial charge >= 0.3 is 12.0 Å². The van der Waals surface area contributed by atoms with Crippen LogP contribution in [-0.4, -0.2) is 35.1 Å². The van der Waals surface area contributed by atoms with E-state index in [4.69, 9.17) is 5.11 Å². The zero-order chi connectivity index (χ0) is 14.3. The van der Waals surface area contributed by atoms with E-state index >= 15 is 0 Å². The molecule has 5 heteroatoms. The Morgan fingerprint density at radius 1 is 1.16 bits per heavy atom. The lowest BCUT2D eigenvalue weighted by molar-refractivity contribution is -0.136. The van der Waals surface area contributed by atoms with E-state index in [0.29, 0.717) is 19.5 Å². The van der Waals surface area contributed by atoms with Crippen molar-refractivity contribution >= 4 is 17.7 Å². The average molecular weight is 264 g/mol. The number of anilines is 1. The molecule has 0 aliphatic carbocycles. The number of urea groups is 1. The first-order valence-electron chi connectivity index (χ1n) is 6.43. The summed E-state index contributed by atoms with van der Waals surface area (Å²) in [5.41, 5.74) is 1.67. The van der Waals surface area contributed by atoms with Gasteiger partial charge in [0, 0.05) is 25.2 Å². The molecule has 0 aliphatic rings. The number of aryl methyl sites for hydroxylation is 1. The number of nitrogens with one attached hydrogen (secondary N) is 1. The number of hydrogen-bond donors (Lipinski definition) is 2. The van der Waals surface area contributed by atoms with Gasteiger partial charge < -0.3 is 15.3 Å². The number of amides is 2. The SMILES string of the molecule is CCN(CC)C(=O)Nc1ccc(CCC(=O)O)cc1. The number of carboxylic acid groups (broad SMARTS) is 1. The van der Waals surface area contributed by atoms with Crippen LogP contribution in [0.5, 0.6) is 0 Å². The highest BCUT2D eigenvalue weighted by molar-refractivity contribution is 5.89. The molecule has 0 saturated carbocycles. The minimum absolute atomic E-state index is 0.116. The molecule has 0 spiro atoms. The van der Waals surface area contributed by atoms with E-state index in [9.17, 15) is 9.59 Å². The van der Waals surface area contributed by atoms with Crippen molar-refractivity contribution in [1.29, 1.82) is 0 Å². The van der Waals surface area contributed by atoms with Gasteiger partial charge in [0.15, 0.2) is 0 Å². The molecule has 5 nitrogen and oxygen atoms in total. The summed E-state index contributed by atoms with van der Waals surface area (Å²) in [6.45, 7) is 5.19. The summed E-state index contributed by atoms with van der Waals surface area (Å²) in [4.78, 5) is 24.0. The Hall–Kier alpha value is -2.04. The Bertz CT molecular complexity index is 425. The van der Waals surface area contributed by atoms with Crippen molar-refractivity contribution in [2.45, 2.75) is 26.7 Å². The van der Waals surface area contributed by atoms with Crippen LogP contribution in [0.3, 0.4) is 0 Å². The second-order valence-corrected chi connectivity index (χ2v) is 4.19. The minimum Gasteiger partial charge on any atom is -0.481 e. The van der Waals surface area contributed by atoms with Crippen LogP contribution in [0.15, 0.2) is 24.3 Å². The molecular formula is C14H20N2O3. The highest BCUT2D eigenvalue weighted by atomic mass is 16.4. The summed E-state index contributed by atoms with van der Waals surface area (Å²) >= 11 is 0. The van der Waals surface area contributed by atoms with Crippen LogP contribution in [-0.2, 0) is 11.2 Å². The van der Waals surface area contributed by atoms with Crippen LogP contribution >= 0.6 is 0 Å². The van der Waals surface area contributed by atoms with Crippen LogP contribution in [0.1, 0.15) is 25.8 Å². The van der Waals surface area contributed by atoms with Gasteiger partial charge in [0.2, 0.25) is 0 Å². The molecule has 0 saturated heterocycles. The molecular weight excluding hydrogens is 244 g/mol. The molecule has 19 heavy (non-hydrogen) atoms. The van der Waals surface area contributed by atoms with Crippen LogP contribution < -0.4 is 5.32 Å². The Labute approximate surface area is 113 Å². The fraction of sp³-hybridized carbons (Fsp3) is 0.429. The standard InChI is InChI=1S/C14H20N2O3/c1-3-16(4-2)14(19)15-12-8-5-11(6-9-12)7-10-13(17)18/h5-6,8-9H,3-4,7,10H2,1-2H3,(H,15,19)(H,17,18). The summed E-state index contributed by atoms with van der Waals surface area (Å²) in [7, 11) is 0. The fourth-order valence-electron chi connectivity index (χ4n) is 1.72. The molecule has 1 aromatic rings. The maximum absolute atomic E-state index is 11.8. The van der Waals surface area contributed by atoms with E-state index < -0.39 is 5.97 Å². The van der Waals surface area contributed by atoms with Gasteiger partial charge in [0.05, 0.1) is 0 Å². The Balaban J connectivity index is 2.56. The monoisotopic (exact) mass is 264 g/mol. The smallest absolute Gasteiger partial charge is 0.321 e. The van der Waals surface area contributed by atoms with Crippen molar-refractivity contribution in [2.24, 2.45) is 0 Å². The van der Waals surface area contributed by atoms with Crippen molar-refractivity contribution in [2.75, 3.05) is 18.4 Å². The second-order valence-electron chi connectivity index (χ2n) is 4.19. The maximum Gasteiger partial charge on any atom is 0.321 e. The van der Waals surface area contributed by atoms with Gasteiger partial charge in [-0.2, -0.15) is 0 Å². The molecule has 0 heterocycles. The van der Waals surface area contributed by atoms with E-state index in [2.05, 4.69) is 5.32 Å². The summed E-state index contributed by atoms with van der Waals surface area (Å²) in [6, 6.07) is 7.13. The number of carbonyl (C=O) groups excluding carboxylic acids is 1. The first-order chi connectivity index (χ1) is 9.06. The third-order valence-corrected chi connectivity index (χ3v) is 2.88. The van der Waals surface area contributed by atoms with Crippen molar-refractivity contribution in [3.63, 3.8) is 0 Å². The topological polar surface area (TPSA) is 69.6 Å². The molecule has 0 aromatic heterocycles. The van der Waals surface area contributed by atoms with Crippen LogP contribution in [0.2, 0.25) is 0 Å². The van der Waals surface area contributed by atoms with Crippen molar-refractivity contribution < 1.29 is 14.7 Å². The molecule has 1 aromatic carbocycles. The maximum atomic E-state index is 11.8. The molecule has 0 aliphatic heterocycles. The lowest BCUT2D eigenvalue weighted by atomic mass is 10.1. The van der Waals surface area contributed by atoms with Gasteiger partial charge in [0.1, 0.15) is 0 Å².